The molecule has 0 radical (unpaired) electrons. The minimum absolute atomic E-state index is 0. The Morgan fingerprint density at radius 3 is 2.28 bits per heavy atom. The average molecular weight is 288 g/mol. The van der Waals surface area contributed by atoms with Gasteiger partial charge in [0.25, 0.3) is 0 Å². The van der Waals surface area contributed by atoms with Gasteiger partial charge in [-0.1, -0.05) is 28.7 Å². The summed E-state index contributed by atoms with van der Waals surface area (Å²) in [5, 5.41) is 0. The number of hydrogen-bond donors (Lipinski definition) is 2. The van der Waals surface area contributed by atoms with Crippen molar-refractivity contribution in [1.82, 2.24) is 0 Å². The molecule has 0 spiro atoms. The van der Waals surface area contributed by atoms with Crippen LogP contribution in [0.4, 0.5) is 0 Å². The Balaban J connectivity index is -0.00000112. The first-order chi connectivity index (χ1) is 7.37. The van der Waals surface area contributed by atoms with Crippen molar-refractivity contribution in [2.24, 2.45) is 5.92 Å². The van der Waals surface area contributed by atoms with Crippen LogP contribution in [-0.4, -0.2) is 35.8 Å². The molecule has 0 saturated heterocycles. The van der Waals surface area contributed by atoms with Gasteiger partial charge in [0.05, 0.1) is 12.5 Å². The van der Waals surface area contributed by atoms with Crippen molar-refractivity contribution < 1.29 is 33.1 Å². The molecule has 1 unspecified atom stereocenters. The molecule has 0 amide bonds. The van der Waals surface area contributed by atoms with Crippen molar-refractivity contribution >= 4 is 13.8 Å². The monoisotopic (exact) mass is 288 g/mol. The molecule has 18 heavy (non-hydrogen) atoms. The largest absolute Gasteiger partial charge is 0.471 e. The van der Waals surface area contributed by atoms with E-state index in [4.69, 9.17) is 14.5 Å². The van der Waals surface area contributed by atoms with Gasteiger partial charge in [0.15, 0.2) is 6.79 Å². The van der Waals surface area contributed by atoms with E-state index in [9.17, 15) is 9.36 Å². The zero-order chi connectivity index (χ0) is 12.6. The number of rotatable bonds is 8. The van der Waals surface area contributed by atoms with Crippen LogP contribution in [0.1, 0.15) is 35.1 Å². The van der Waals surface area contributed by atoms with Gasteiger partial charge >= 0.3 is 13.8 Å². The third-order valence-corrected chi connectivity index (χ3v) is 2.23. The van der Waals surface area contributed by atoms with Gasteiger partial charge in [-0.15, -0.1) is 0 Å². The zero-order valence-corrected chi connectivity index (χ0v) is 10.2. The van der Waals surface area contributed by atoms with E-state index in [-0.39, 0.29) is 40.0 Å². The Morgan fingerprint density at radius 2 is 1.83 bits per heavy atom. The van der Waals surface area contributed by atoms with Crippen LogP contribution in [0.25, 0.3) is 0 Å². The quantitative estimate of drug-likeness (QED) is 0.304. The molecule has 0 heterocycles. The van der Waals surface area contributed by atoms with Crippen LogP contribution in [0.15, 0.2) is 0 Å². The van der Waals surface area contributed by atoms with Crippen molar-refractivity contribution in [3.05, 3.63) is 0 Å². The third kappa shape index (κ3) is 13.6. The minimum Gasteiger partial charge on any atom is -0.463 e. The molecule has 112 valence electrons. The lowest BCUT2D eigenvalue weighted by Gasteiger charge is -2.09. The Labute approximate surface area is 109 Å². The van der Waals surface area contributed by atoms with E-state index < -0.39 is 14.6 Å². The molecule has 0 aliphatic heterocycles. The maximum absolute atomic E-state index is 11.1. The van der Waals surface area contributed by atoms with Crippen molar-refractivity contribution in [3.63, 3.8) is 0 Å². The Bertz CT molecular complexity index is 251. The highest BCUT2D eigenvalue weighted by Crippen LogP contribution is 2.35. The molecule has 7 nitrogen and oxygen atoms in total. The van der Waals surface area contributed by atoms with Gasteiger partial charge in [0.1, 0.15) is 6.61 Å². The molecule has 0 bridgehead atoms. The smallest absolute Gasteiger partial charge is 0.463 e. The normalized spacial score (nSPS) is 12.0. The summed E-state index contributed by atoms with van der Waals surface area (Å²) in [4.78, 5) is 27.7. The van der Waals surface area contributed by atoms with Gasteiger partial charge in [-0.25, -0.2) is 4.57 Å². The zero-order valence-electron chi connectivity index (χ0n) is 9.29. The molecule has 0 aliphatic carbocycles. The fraction of sp³-hybridized carbons (Fsp3) is 0.900. The third-order valence-electron chi connectivity index (χ3n) is 1.79. The average Bonchev–Trinajstić information content (AvgIpc) is 2.20. The molecule has 0 aromatic carbocycles. The summed E-state index contributed by atoms with van der Waals surface area (Å²) in [6.07, 6.45) is 0.695. The number of phosphoric acid groups is 1. The molecular formula is C10H25O7P. The Kier molecular flexibility index (Phi) is 14.7. The molecule has 0 aromatic rings. The lowest BCUT2D eigenvalue weighted by Crippen LogP contribution is -2.17. The van der Waals surface area contributed by atoms with Gasteiger partial charge < -0.3 is 19.3 Å². The number of hydrogen-bond acceptors (Lipinski definition) is 5. The topological polar surface area (TPSA) is 102 Å². The minimum atomic E-state index is -4.49. The van der Waals surface area contributed by atoms with Crippen LogP contribution in [-0.2, 0) is 23.4 Å². The summed E-state index contributed by atoms with van der Waals surface area (Å²) in [6.45, 7) is 3.15. The first-order valence-electron chi connectivity index (χ1n) is 4.81. The van der Waals surface area contributed by atoms with Gasteiger partial charge in [0, 0.05) is 0 Å². The lowest BCUT2D eigenvalue weighted by atomic mass is 10.1. The van der Waals surface area contributed by atoms with Crippen molar-refractivity contribution in [2.75, 3.05) is 20.0 Å². The Hall–Kier alpha value is -0.460. The van der Waals surface area contributed by atoms with Crippen LogP contribution >= 0.6 is 7.82 Å². The van der Waals surface area contributed by atoms with E-state index in [1.165, 1.54) is 0 Å². The van der Waals surface area contributed by atoms with E-state index in [1.807, 2.05) is 6.92 Å². The highest BCUT2D eigenvalue weighted by Gasteiger charge is 2.13. The van der Waals surface area contributed by atoms with Crippen LogP contribution in [0.5, 0.6) is 0 Å². The SMILES string of the molecule is C.C.CCC(C)C(=O)OCCOCOP(=O)(O)O. The maximum atomic E-state index is 11.1. The summed E-state index contributed by atoms with van der Waals surface area (Å²) in [7, 11) is -4.49. The van der Waals surface area contributed by atoms with E-state index in [1.54, 1.807) is 6.92 Å². The summed E-state index contributed by atoms with van der Waals surface area (Å²) in [5.74, 6) is -0.478. The van der Waals surface area contributed by atoms with Gasteiger partial charge in [-0.3, -0.25) is 9.32 Å². The first-order valence-corrected chi connectivity index (χ1v) is 6.34. The molecule has 1 atom stereocenters. The number of ether oxygens (including phenoxy) is 2. The summed E-state index contributed by atoms with van der Waals surface area (Å²) >= 11 is 0. The van der Waals surface area contributed by atoms with Crippen LogP contribution in [0.2, 0.25) is 0 Å². The van der Waals surface area contributed by atoms with Crippen molar-refractivity contribution in [3.8, 4) is 0 Å². The summed E-state index contributed by atoms with van der Waals surface area (Å²) < 4.78 is 23.7. The molecule has 0 aromatic heterocycles. The molecule has 0 fully saturated rings. The summed E-state index contributed by atoms with van der Waals surface area (Å²) in [5.41, 5.74) is 0. The Morgan fingerprint density at radius 1 is 1.28 bits per heavy atom. The van der Waals surface area contributed by atoms with E-state index in [2.05, 4.69) is 9.26 Å². The predicted molar refractivity (Wildman–Crippen MR) is 67.8 cm³/mol. The van der Waals surface area contributed by atoms with Crippen molar-refractivity contribution in [2.45, 2.75) is 35.1 Å². The van der Waals surface area contributed by atoms with E-state index in [0.717, 1.165) is 0 Å². The fourth-order valence-electron chi connectivity index (χ4n) is 0.675. The number of phosphoric ester groups is 1. The second kappa shape index (κ2) is 11.6. The van der Waals surface area contributed by atoms with E-state index in [0.29, 0.717) is 6.42 Å². The second-order valence-corrected chi connectivity index (χ2v) is 4.36. The molecule has 2 N–H and O–H groups in total. The van der Waals surface area contributed by atoms with E-state index >= 15 is 0 Å². The number of esters is 1. The van der Waals surface area contributed by atoms with Gasteiger partial charge in [-0.2, -0.15) is 0 Å². The molecule has 8 heteroatoms. The maximum Gasteiger partial charge on any atom is 0.471 e. The lowest BCUT2D eigenvalue weighted by molar-refractivity contribution is -0.150. The fourth-order valence-corrected chi connectivity index (χ4v) is 0.887. The highest BCUT2D eigenvalue weighted by molar-refractivity contribution is 7.46. The summed E-state index contributed by atoms with van der Waals surface area (Å²) in [6, 6.07) is 0. The predicted octanol–water partition coefficient (Wildman–Crippen LogP) is 1.93. The second-order valence-electron chi connectivity index (χ2n) is 3.12. The first kappa shape index (κ1) is 22.7. The highest BCUT2D eigenvalue weighted by atomic mass is 31.2. The number of carbonyl (C=O) groups is 1. The molecule has 0 saturated carbocycles. The van der Waals surface area contributed by atoms with Crippen LogP contribution in [0.3, 0.4) is 0 Å². The number of carbonyl (C=O) groups excluding carboxylic acids is 1. The van der Waals surface area contributed by atoms with Gasteiger partial charge in [-0.05, 0) is 6.42 Å². The standard InChI is InChI=1S/C8H17O7P.2CH4/c1-3-7(2)8(9)14-5-4-13-6-15-16(10,11)12;;/h7H,3-6H2,1-2H3,(H2,10,11,12);2*1H4. The molecule has 0 aliphatic rings. The molecule has 0 rings (SSSR count). The van der Waals surface area contributed by atoms with Crippen molar-refractivity contribution in [1.29, 1.82) is 0 Å². The van der Waals surface area contributed by atoms with Crippen LogP contribution in [0, 0.1) is 5.92 Å². The van der Waals surface area contributed by atoms with Crippen LogP contribution < -0.4 is 0 Å². The molecular weight excluding hydrogens is 263 g/mol. The van der Waals surface area contributed by atoms with Gasteiger partial charge in [0.2, 0.25) is 0 Å².